The summed E-state index contributed by atoms with van der Waals surface area (Å²) in [4.78, 5) is 0. The third-order valence-electron chi connectivity index (χ3n) is 2.81. The predicted molar refractivity (Wildman–Crippen MR) is 76.7 cm³/mol. The summed E-state index contributed by atoms with van der Waals surface area (Å²) in [6.45, 7) is 6.09. The van der Waals surface area contributed by atoms with E-state index in [0.29, 0.717) is 13.2 Å². The van der Waals surface area contributed by atoms with Crippen LogP contribution in [0.1, 0.15) is 25.5 Å². The standard InChI is InChI=1S/C15H25NO3/c1-5-18-11-12(2)19-15(10-16-3)13-7-6-8-14(9-13)17-4/h6-9,12,15-16H,5,10-11H2,1-4H3. The van der Waals surface area contributed by atoms with Crippen LogP contribution in [0.2, 0.25) is 0 Å². The number of ether oxygens (including phenoxy) is 3. The Hall–Kier alpha value is -1.10. The van der Waals surface area contributed by atoms with Gasteiger partial charge in [0.25, 0.3) is 0 Å². The van der Waals surface area contributed by atoms with E-state index in [0.717, 1.165) is 17.9 Å². The molecule has 0 aromatic heterocycles. The van der Waals surface area contributed by atoms with E-state index in [2.05, 4.69) is 11.4 Å². The molecule has 0 aliphatic rings. The number of hydrogen-bond acceptors (Lipinski definition) is 4. The molecule has 0 bridgehead atoms. The highest BCUT2D eigenvalue weighted by Gasteiger charge is 2.15. The molecule has 4 heteroatoms. The molecular formula is C15H25NO3. The first kappa shape index (κ1) is 16.0. The Kier molecular flexibility index (Phi) is 7.48. The maximum absolute atomic E-state index is 6.04. The molecule has 4 nitrogen and oxygen atoms in total. The molecule has 0 fully saturated rings. The molecule has 0 radical (unpaired) electrons. The van der Waals surface area contributed by atoms with Crippen molar-refractivity contribution in [3.63, 3.8) is 0 Å². The predicted octanol–water partition coefficient (Wildman–Crippen LogP) is 2.40. The molecule has 2 unspecified atom stereocenters. The Bertz CT molecular complexity index is 357. The van der Waals surface area contributed by atoms with E-state index in [4.69, 9.17) is 14.2 Å². The van der Waals surface area contributed by atoms with Gasteiger partial charge in [0.05, 0.1) is 25.9 Å². The maximum Gasteiger partial charge on any atom is 0.119 e. The molecule has 0 aliphatic carbocycles. The molecule has 2 atom stereocenters. The minimum atomic E-state index is -0.00411. The smallest absolute Gasteiger partial charge is 0.119 e. The van der Waals surface area contributed by atoms with E-state index in [1.807, 2.05) is 39.1 Å². The average molecular weight is 267 g/mol. The number of hydrogen-bond donors (Lipinski definition) is 1. The third kappa shape index (κ3) is 5.59. The highest BCUT2D eigenvalue weighted by atomic mass is 16.5. The van der Waals surface area contributed by atoms with Crippen molar-refractivity contribution in [3.05, 3.63) is 29.8 Å². The fraction of sp³-hybridized carbons (Fsp3) is 0.600. The SMILES string of the molecule is CCOCC(C)OC(CNC)c1cccc(OC)c1. The van der Waals surface area contributed by atoms with Crippen molar-refractivity contribution in [1.29, 1.82) is 0 Å². The lowest BCUT2D eigenvalue weighted by Gasteiger charge is -2.23. The van der Waals surface area contributed by atoms with Gasteiger partial charge in [0.1, 0.15) is 5.75 Å². The Morgan fingerprint density at radius 3 is 2.74 bits per heavy atom. The molecule has 0 spiro atoms. The zero-order valence-corrected chi connectivity index (χ0v) is 12.3. The average Bonchev–Trinajstić information content (AvgIpc) is 2.44. The highest BCUT2D eigenvalue weighted by molar-refractivity contribution is 5.30. The van der Waals surface area contributed by atoms with Gasteiger partial charge in [-0.25, -0.2) is 0 Å². The van der Waals surface area contributed by atoms with Gasteiger partial charge in [-0.2, -0.15) is 0 Å². The van der Waals surface area contributed by atoms with Crippen molar-refractivity contribution >= 4 is 0 Å². The Morgan fingerprint density at radius 1 is 1.32 bits per heavy atom. The van der Waals surface area contributed by atoms with Crippen LogP contribution in [0, 0.1) is 0 Å². The monoisotopic (exact) mass is 267 g/mol. The number of benzene rings is 1. The van der Waals surface area contributed by atoms with Gasteiger partial charge < -0.3 is 19.5 Å². The lowest BCUT2D eigenvalue weighted by atomic mass is 10.1. The van der Waals surface area contributed by atoms with E-state index in [1.54, 1.807) is 7.11 Å². The molecule has 0 saturated heterocycles. The normalized spacial score (nSPS) is 14.1. The summed E-state index contributed by atoms with van der Waals surface area (Å²) >= 11 is 0. The van der Waals surface area contributed by atoms with Crippen molar-refractivity contribution in [2.75, 3.05) is 33.9 Å². The molecule has 1 aromatic carbocycles. The zero-order chi connectivity index (χ0) is 14.1. The van der Waals surface area contributed by atoms with Crippen LogP contribution in [0.4, 0.5) is 0 Å². The highest BCUT2D eigenvalue weighted by Crippen LogP contribution is 2.22. The lowest BCUT2D eigenvalue weighted by Crippen LogP contribution is -2.26. The van der Waals surface area contributed by atoms with Gasteiger partial charge >= 0.3 is 0 Å². The zero-order valence-electron chi connectivity index (χ0n) is 12.3. The maximum atomic E-state index is 6.04. The van der Waals surface area contributed by atoms with Crippen LogP contribution < -0.4 is 10.1 Å². The van der Waals surface area contributed by atoms with Crippen molar-refractivity contribution < 1.29 is 14.2 Å². The van der Waals surface area contributed by atoms with Crippen LogP contribution in [0.25, 0.3) is 0 Å². The van der Waals surface area contributed by atoms with Gasteiger partial charge in [0, 0.05) is 13.2 Å². The number of rotatable bonds is 9. The lowest BCUT2D eigenvalue weighted by molar-refractivity contribution is -0.0464. The van der Waals surface area contributed by atoms with Crippen LogP contribution in [0.15, 0.2) is 24.3 Å². The van der Waals surface area contributed by atoms with E-state index in [9.17, 15) is 0 Å². The first-order valence-corrected chi connectivity index (χ1v) is 6.73. The minimum Gasteiger partial charge on any atom is -0.497 e. The minimum absolute atomic E-state index is 0.00411. The molecule has 0 heterocycles. The van der Waals surface area contributed by atoms with Gasteiger partial charge in [-0.15, -0.1) is 0 Å². The molecule has 108 valence electrons. The van der Waals surface area contributed by atoms with E-state index in [1.165, 1.54) is 0 Å². The molecule has 0 amide bonds. The van der Waals surface area contributed by atoms with E-state index < -0.39 is 0 Å². The second-order valence-electron chi connectivity index (χ2n) is 4.43. The van der Waals surface area contributed by atoms with Crippen LogP contribution in [-0.4, -0.2) is 40.0 Å². The molecule has 1 aromatic rings. The number of methoxy groups -OCH3 is 1. The summed E-state index contributed by atoms with van der Waals surface area (Å²) in [5.74, 6) is 0.847. The molecular weight excluding hydrogens is 242 g/mol. The molecule has 0 aliphatic heterocycles. The third-order valence-corrected chi connectivity index (χ3v) is 2.81. The van der Waals surface area contributed by atoms with Crippen molar-refractivity contribution in [1.82, 2.24) is 5.32 Å². The van der Waals surface area contributed by atoms with Gasteiger partial charge in [0.15, 0.2) is 0 Å². The second kappa shape index (κ2) is 8.91. The second-order valence-corrected chi connectivity index (χ2v) is 4.43. The van der Waals surface area contributed by atoms with Crippen LogP contribution >= 0.6 is 0 Å². The van der Waals surface area contributed by atoms with E-state index >= 15 is 0 Å². The number of nitrogens with one attached hydrogen (secondary N) is 1. The summed E-state index contributed by atoms with van der Waals surface area (Å²) in [7, 11) is 3.59. The van der Waals surface area contributed by atoms with Gasteiger partial charge in [-0.1, -0.05) is 12.1 Å². The molecule has 0 saturated carbocycles. The molecule has 19 heavy (non-hydrogen) atoms. The molecule has 1 rings (SSSR count). The first-order chi connectivity index (χ1) is 9.21. The summed E-state index contributed by atoms with van der Waals surface area (Å²) in [5, 5.41) is 3.16. The Labute approximate surface area is 116 Å². The van der Waals surface area contributed by atoms with Crippen LogP contribution in [-0.2, 0) is 9.47 Å². The largest absolute Gasteiger partial charge is 0.497 e. The van der Waals surface area contributed by atoms with Gasteiger partial charge in [0.2, 0.25) is 0 Å². The first-order valence-electron chi connectivity index (χ1n) is 6.73. The Morgan fingerprint density at radius 2 is 2.11 bits per heavy atom. The summed E-state index contributed by atoms with van der Waals surface area (Å²) in [6, 6.07) is 7.98. The topological polar surface area (TPSA) is 39.7 Å². The van der Waals surface area contributed by atoms with Crippen molar-refractivity contribution in [2.45, 2.75) is 26.1 Å². The number of likely N-dealkylation sites (N-methyl/N-ethyl adjacent to an activating group) is 1. The van der Waals surface area contributed by atoms with Crippen LogP contribution in [0.3, 0.4) is 0 Å². The van der Waals surface area contributed by atoms with Gasteiger partial charge in [-0.05, 0) is 38.6 Å². The fourth-order valence-corrected chi connectivity index (χ4v) is 1.88. The fourth-order valence-electron chi connectivity index (χ4n) is 1.88. The summed E-state index contributed by atoms with van der Waals surface area (Å²) < 4.78 is 16.7. The van der Waals surface area contributed by atoms with Crippen molar-refractivity contribution in [3.8, 4) is 5.75 Å². The quantitative estimate of drug-likeness (QED) is 0.746. The summed E-state index contributed by atoms with van der Waals surface area (Å²) in [5.41, 5.74) is 1.11. The van der Waals surface area contributed by atoms with Gasteiger partial charge in [-0.3, -0.25) is 0 Å². The van der Waals surface area contributed by atoms with Crippen LogP contribution in [0.5, 0.6) is 5.75 Å². The Balaban J connectivity index is 2.69. The summed E-state index contributed by atoms with van der Waals surface area (Å²) in [6.07, 6.45) is 0.0556. The van der Waals surface area contributed by atoms with E-state index in [-0.39, 0.29) is 12.2 Å². The molecule has 1 N–H and O–H groups in total. The van der Waals surface area contributed by atoms with Crippen molar-refractivity contribution in [2.24, 2.45) is 0 Å².